The third kappa shape index (κ3) is 4.44. The van der Waals surface area contributed by atoms with E-state index in [1.807, 2.05) is 72.8 Å². The summed E-state index contributed by atoms with van der Waals surface area (Å²) in [4.78, 5) is 48.4. The number of carbonyl (C=O) groups is 3. The zero-order valence-corrected chi connectivity index (χ0v) is 24.2. The first kappa shape index (κ1) is 27.3. The number of hydrogen-bond acceptors (Lipinski definition) is 5. The number of fused-ring (bicyclic) bond motifs is 4. The first-order chi connectivity index (χ1) is 21.5. The van der Waals surface area contributed by atoms with E-state index in [1.54, 1.807) is 43.4 Å². The number of amides is 4. The first-order valence-corrected chi connectivity index (χ1v) is 14.4. The number of rotatable bonds is 7. The summed E-state index contributed by atoms with van der Waals surface area (Å²) >= 11 is 0. The van der Waals surface area contributed by atoms with Crippen LogP contribution < -0.4 is 19.7 Å². The molecule has 2 unspecified atom stereocenters. The Balaban J connectivity index is 1.25. The second-order valence-electron chi connectivity index (χ2n) is 10.9. The van der Waals surface area contributed by atoms with Crippen LogP contribution in [0.1, 0.15) is 38.8 Å². The number of anilines is 1. The maximum absolute atomic E-state index is 14.3. The van der Waals surface area contributed by atoms with Crippen LogP contribution in [0.15, 0.2) is 97.1 Å². The molecule has 7 rings (SSSR count). The van der Waals surface area contributed by atoms with Crippen LogP contribution in [0.3, 0.4) is 0 Å². The Morgan fingerprint density at radius 3 is 2.25 bits per heavy atom. The number of para-hydroxylation sites is 2. The van der Waals surface area contributed by atoms with Gasteiger partial charge in [-0.3, -0.25) is 14.5 Å². The predicted molar refractivity (Wildman–Crippen MR) is 166 cm³/mol. The molecule has 4 aromatic carbocycles. The van der Waals surface area contributed by atoms with E-state index in [1.165, 1.54) is 0 Å². The number of benzene rings is 4. The molecule has 44 heavy (non-hydrogen) atoms. The van der Waals surface area contributed by atoms with Gasteiger partial charge in [0, 0.05) is 29.6 Å². The highest BCUT2D eigenvalue weighted by molar-refractivity contribution is 6.24. The lowest BCUT2D eigenvalue weighted by molar-refractivity contribution is -0.120. The van der Waals surface area contributed by atoms with Crippen molar-refractivity contribution >= 4 is 34.4 Å². The van der Waals surface area contributed by atoms with Gasteiger partial charge in [-0.05, 0) is 59.2 Å². The van der Waals surface area contributed by atoms with Crippen molar-refractivity contribution in [3.05, 3.63) is 125 Å². The van der Waals surface area contributed by atoms with Gasteiger partial charge in [-0.25, -0.2) is 9.69 Å². The second kappa shape index (κ2) is 10.9. The molecular weight excluding hydrogens is 556 g/mol. The summed E-state index contributed by atoms with van der Waals surface area (Å²) in [6.45, 7) is 0.273. The molecule has 4 amide bonds. The van der Waals surface area contributed by atoms with Crippen LogP contribution in [-0.2, 0) is 17.8 Å². The summed E-state index contributed by atoms with van der Waals surface area (Å²) in [6, 6.07) is 27.9. The van der Waals surface area contributed by atoms with Crippen molar-refractivity contribution in [2.24, 2.45) is 0 Å². The van der Waals surface area contributed by atoms with Crippen molar-refractivity contribution in [2.75, 3.05) is 19.1 Å². The van der Waals surface area contributed by atoms with E-state index >= 15 is 0 Å². The lowest BCUT2D eigenvalue weighted by Gasteiger charge is -2.36. The smallest absolute Gasteiger partial charge is 0.332 e. The zero-order valence-electron chi connectivity index (χ0n) is 24.2. The molecule has 0 aliphatic carbocycles. The molecule has 2 aliphatic heterocycles. The van der Waals surface area contributed by atoms with Gasteiger partial charge in [-0.2, -0.15) is 0 Å². The van der Waals surface area contributed by atoms with E-state index in [0.29, 0.717) is 12.2 Å². The van der Waals surface area contributed by atoms with Crippen molar-refractivity contribution in [3.8, 4) is 11.5 Å². The SMILES string of the molecule is COc1ccc(CNC(=O)c2ccccc2N2C(=O)C3Cc4c([nH]c5ccccc45)C(c4ccc(OC)cc4)N3C2=O)cc1. The summed E-state index contributed by atoms with van der Waals surface area (Å²) in [5.41, 5.74) is 5.07. The summed E-state index contributed by atoms with van der Waals surface area (Å²) in [7, 11) is 3.20. The molecule has 2 atom stereocenters. The van der Waals surface area contributed by atoms with E-state index in [9.17, 15) is 14.4 Å². The largest absolute Gasteiger partial charge is 0.497 e. The highest BCUT2D eigenvalue weighted by Crippen LogP contribution is 2.45. The molecule has 1 saturated heterocycles. The highest BCUT2D eigenvalue weighted by atomic mass is 16.5. The van der Waals surface area contributed by atoms with Crippen LogP contribution in [0, 0.1) is 0 Å². The summed E-state index contributed by atoms with van der Waals surface area (Å²) < 4.78 is 10.6. The Morgan fingerprint density at radius 1 is 0.864 bits per heavy atom. The van der Waals surface area contributed by atoms with Crippen LogP contribution in [0.5, 0.6) is 11.5 Å². The number of carbonyl (C=O) groups excluding carboxylic acids is 3. The first-order valence-electron chi connectivity index (χ1n) is 14.4. The Hall–Kier alpha value is -5.57. The molecule has 0 saturated carbocycles. The lowest BCUT2D eigenvalue weighted by Crippen LogP contribution is -2.44. The quantitative estimate of drug-likeness (QED) is 0.242. The molecule has 9 nitrogen and oxygen atoms in total. The van der Waals surface area contributed by atoms with E-state index in [2.05, 4.69) is 10.3 Å². The standard InChI is InChI=1S/C35H30N4O5/c1-43-23-15-11-21(12-16-23)20-36-33(40)26-8-4-6-10-29(26)39-34(41)30-19-27-25-7-3-5-9-28(25)37-31(27)32(38(30)35(39)42)22-13-17-24(44-2)18-14-22/h3-18,30,32,37H,19-20H2,1-2H3,(H,36,40). The number of ether oxygens (including phenoxy) is 2. The van der Waals surface area contributed by atoms with Gasteiger partial charge in [0.05, 0.1) is 25.5 Å². The van der Waals surface area contributed by atoms with Crippen molar-refractivity contribution in [1.82, 2.24) is 15.2 Å². The molecule has 2 N–H and O–H groups in total. The number of imide groups is 1. The number of aromatic nitrogens is 1. The van der Waals surface area contributed by atoms with E-state index in [0.717, 1.165) is 43.9 Å². The van der Waals surface area contributed by atoms with Gasteiger partial charge in [-0.1, -0.05) is 54.6 Å². The number of nitrogens with one attached hydrogen (secondary N) is 2. The fraction of sp³-hybridized carbons (Fsp3) is 0.171. The third-order valence-electron chi connectivity index (χ3n) is 8.48. The number of methoxy groups -OCH3 is 2. The molecule has 1 aromatic heterocycles. The van der Waals surface area contributed by atoms with Crippen LogP contribution in [-0.4, -0.2) is 48.0 Å². The number of aromatic amines is 1. The maximum Gasteiger partial charge on any atom is 0.332 e. The summed E-state index contributed by atoms with van der Waals surface area (Å²) in [5, 5.41) is 3.95. The molecular formula is C35H30N4O5. The van der Waals surface area contributed by atoms with Crippen molar-refractivity contribution < 1.29 is 23.9 Å². The fourth-order valence-electron chi connectivity index (χ4n) is 6.31. The van der Waals surface area contributed by atoms with Crippen molar-refractivity contribution in [2.45, 2.75) is 25.0 Å². The minimum Gasteiger partial charge on any atom is -0.497 e. The van der Waals surface area contributed by atoms with Crippen LogP contribution in [0.25, 0.3) is 10.9 Å². The van der Waals surface area contributed by atoms with Crippen molar-refractivity contribution in [1.29, 1.82) is 0 Å². The van der Waals surface area contributed by atoms with Crippen LogP contribution in [0.4, 0.5) is 10.5 Å². The maximum atomic E-state index is 14.3. The minimum atomic E-state index is -0.739. The monoisotopic (exact) mass is 586 g/mol. The second-order valence-corrected chi connectivity index (χ2v) is 10.9. The summed E-state index contributed by atoms with van der Waals surface area (Å²) in [6.07, 6.45) is 0.360. The fourth-order valence-corrected chi connectivity index (χ4v) is 6.31. The van der Waals surface area contributed by atoms with Gasteiger partial charge in [0.25, 0.3) is 11.8 Å². The topological polar surface area (TPSA) is 104 Å². The van der Waals surface area contributed by atoms with E-state index < -0.39 is 18.1 Å². The Kier molecular flexibility index (Phi) is 6.77. The Labute approximate surface area is 254 Å². The molecule has 2 aliphatic rings. The Morgan fingerprint density at radius 2 is 1.52 bits per heavy atom. The van der Waals surface area contributed by atoms with Gasteiger partial charge in [0.2, 0.25) is 0 Å². The van der Waals surface area contributed by atoms with Gasteiger partial charge in [-0.15, -0.1) is 0 Å². The van der Waals surface area contributed by atoms with E-state index in [-0.39, 0.29) is 29.6 Å². The summed E-state index contributed by atoms with van der Waals surface area (Å²) in [5.74, 6) is 0.669. The number of H-pyrrole nitrogens is 1. The third-order valence-corrected chi connectivity index (χ3v) is 8.48. The lowest BCUT2D eigenvalue weighted by atomic mass is 9.89. The molecule has 3 heterocycles. The molecule has 0 bridgehead atoms. The van der Waals surface area contributed by atoms with Gasteiger partial charge in [0.1, 0.15) is 23.6 Å². The van der Waals surface area contributed by atoms with Crippen LogP contribution in [0.2, 0.25) is 0 Å². The van der Waals surface area contributed by atoms with E-state index in [4.69, 9.17) is 9.47 Å². The number of nitrogens with zero attached hydrogens (tertiary/aromatic N) is 2. The number of hydrogen-bond donors (Lipinski definition) is 2. The normalized spacial score (nSPS) is 17.4. The average Bonchev–Trinajstić information content (AvgIpc) is 3.56. The molecule has 5 aromatic rings. The minimum absolute atomic E-state index is 0.243. The van der Waals surface area contributed by atoms with Gasteiger partial charge in [0.15, 0.2) is 0 Å². The molecule has 0 spiro atoms. The van der Waals surface area contributed by atoms with Crippen LogP contribution >= 0.6 is 0 Å². The molecule has 0 radical (unpaired) electrons. The zero-order chi connectivity index (χ0) is 30.4. The molecule has 1 fully saturated rings. The number of urea groups is 1. The van der Waals surface area contributed by atoms with Crippen molar-refractivity contribution in [3.63, 3.8) is 0 Å². The molecule has 220 valence electrons. The van der Waals surface area contributed by atoms with Gasteiger partial charge >= 0.3 is 6.03 Å². The molecule has 9 heteroatoms. The van der Waals surface area contributed by atoms with Gasteiger partial charge < -0.3 is 19.8 Å². The highest BCUT2D eigenvalue weighted by Gasteiger charge is 2.53. The Bertz CT molecular complexity index is 1900. The average molecular weight is 587 g/mol. The predicted octanol–water partition coefficient (Wildman–Crippen LogP) is 5.60.